The third-order valence-corrected chi connectivity index (χ3v) is 6.29. The lowest BCUT2D eigenvalue weighted by molar-refractivity contribution is 0.248. The third kappa shape index (κ3) is 6.01. The molecule has 6 nitrogen and oxygen atoms in total. The summed E-state index contributed by atoms with van der Waals surface area (Å²) in [5.41, 5.74) is 2.96. The van der Waals surface area contributed by atoms with Gasteiger partial charge in [0, 0.05) is 43.3 Å². The minimum Gasteiger partial charge on any atom is -0.347 e. The second-order valence-corrected chi connectivity index (χ2v) is 8.66. The third-order valence-electron chi connectivity index (χ3n) is 5.48. The molecule has 0 spiro atoms. The maximum absolute atomic E-state index is 13.1. The van der Waals surface area contributed by atoms with Crippen LogP contribution in [-0.2, 0) is 6.42 Å². The predicted molar refractivity (Wildman–Crippen MR) is 122 cm³/mol. The molecule has 1 aliphatic heterocycles. The van der Waals surface area contributed by atoms with Crippen LogP contribution in [0.3, 0.4) is 0 Å². The quantitative estimate of drug-likeness (QED) is 0.588. The number of hydrogen-bond acceptors (Lipinski definition) is 5. The average Bonchev–Trinajstić information content (AvgIpc) is 3.24. The summed E-state index contributed by atoms with van der Waals surface area (Å²) in [4.78, 5) is 19.0. The lowest BCUT2D eigenvalue weighted by atomic mass is 9.97. The van der Waals surface area contributed by atoms with Crippen molar-refractivity contribution in [2.75, 3.05) is 29.9 Å². The smallest absolute Gasteiger partial charge is 0.319 e. The molecule has 1 fully saturated rings. The molecule has 31 heavy (non-hydrogen) atoms. The summed E-state index contributed by atoms with van der Waals surface area (Å²) < 4.78 is 17.5. The molecule has 8 heteroatoms. The molecule has 1 aliphatic rings. The first-order valence-electron chi connectivity index (χ1n) is 10.5. The van der Waals surface area contributed by atoms with Crippen LogP contribution in [0.5, 0.6) is 0 Å². The first-order valence-corrected chi connectivity index (χ1v) is 11.3. The molecule has 2 heterocycles. The number of aromatic nitrogens is 2. The fourth-order valence-electron chi connectivity index (χ4n) is 3.61. The Hall–Kier alpha value is -3.00. The highest BCUT2D eigenvalue weighted by Gasteiger charge is 2.22. The number of rotatable bonds is 6. The number of carbonyl (C=O) groups excluding carboxylic acids is 1. The van der Waals surface area contributed by atoms with Crippen molar-refractivity contribution >= 4 is 28.4 Å². The summed E-state index contributed by atoms with van der Waals surface area (Å²) in [6.45, 7) is 4.48. The van der Waals surface area contributed by atoms with E-state index in [1.54, 1.807) is 12.1 Å². The van der Waals surface area contributed by atoms with Gasteiger partial charge in [0.1, 0.15) is 11.6 Å². The van der Waals surface area contributed by atoms with Crippen LogP contribution in [0, 0.1) is 18.7 Å². The minimum atomic E-state index is -0.235. The summed E-state index contributed by atoms with van der Waals surface area (Å²) >= 11 is 1.41. The number of benzene rings is 2. The number of nitrogens with zero attached hydrogens (tertiary/aromatic N) is 3. The maximum Gasteiger partial charge on any atom is 0.319 e. The number of aryl methyl sites for hydroxylation is 1. The Morgan fingerprint density at radius 1 is 1.13 bits per heavy atom. The Morgan fingerprint density at radius 2 is 1.84 bits per heavy atom. The van der Waals surface area contributed by atoms with Crippen molar-refractivity contribution in [3.63, 3.8) is 0 Å². The van der Waals surface area contributed by atoms with Gasteiger partial charge in [0.2, 0.25) is 5.13 Å². The molecule has 4 rings (SSSR count). The molecule has 2 N–H and O–H groups in total. The van der Waals surface area contributed by atoms with Gasteiger partial charge in [-0.25, -0.2) is 14.2 Å². The zero-order valence-corrected chi connectivity index (χ0v) is 18.3. The van der Waals surface area contributed by atoms with Crippen LogP contribution < -0.4 is 15.5 Å². The molecule has 0 unspecified atom stereocenters. The van der Waals surface area contributed by atoms with Crippen molar-refractivity contribution in [1.82, 2.24) is 14.7 Å². The highest BCUT2D eigenvalue weighted by Crippen LogP contribution is 2.25. The lowest BCUT2D eigenvalue weighted by Gasteiger charge is -2.31. The first-order chi connectivity index (χ1) is 15.0. The molecule has 0 atom stereocenters. The lowest BCUT2D eigenvalue weighted by Crippen LogP contribution is -2.39. The Labute approximate surface area is 185 Å². The van der Waals surface area contributed by atoms with E-state index in [4.69, 9.17) is 0 Å². The second-order valence-electron chi connectivity index (χ2n) is 7.93. The highest BCUT2D eigenvalue weighted by atomic mass is 32.1. The number of piperidine rings is 1. The Bertz CT molecular complexity index is 998. The van der Waals surface area contributed by atoms with E-state index < -0.39 is 0 Å². The highest BCUT2D eigenvalue weighted by molar-refractivity contribution is 7.09. The summed E-state index contributed by atoms with van der Waals surface area (Å²) in [7, 11) is 0. The van der Waals surface area contributed by atoms with E-state index in [1.165, 1.54) is 23.7 Å². The van der Waals surface area contributed by atoms with E-state index in [1.807, 2.05) is 31.2 Å². The monoisotopic (exact) mass is 439 g/mol. The molecule has 2 amide bonds. The number of hydrogen-bond donors (Lipinski definition) is 2. The molecular formula is C23H26FN5OS. The van der Waals surface area contributed by atoms with Crippen molar-refractivity contribution in [2.24, 2.45) is 5.92 Å². The number of carbonyl (C=O) groups is 1. The van der Waals surface area contributed by atoms with E-state index in [2.05, 4.69) is 24.9 Å². The topological polar surface area (TPSA) is 70.2 Å². The second kappa shape index (κ2) is 9.87. The van der Waals surface area contributed by atoms with E-state index in [-0.39, 0.29) is 11.8 Å². The van der Waals surface area contributed by atoms with Crippen LogP contribution in [0.25, 0.3) is 0 Å². The molecule has 0 radical (unpaired) electrons. The van der Waals surface area contributed by atoms with Crippen molar-refractivity contribution in [3.05, 3.63) is 71.3 Å². The van der Waals surface area contributed by atoms with Crippen LogP contribution in [0.4, 0.5) is 20.0 Å². The van der Waals surface area contributed by atoms with Crippen LogP contribution in [-0.4, -0.2) is 35.0 Å². The van der Waals surface area contributed by atoms with Crippen molar-refractivity contribution in [2.45, 2.75) is 26.2 Å². The van der Waals surface area contributed by atoms with E-state index >= 15 is 0 Å². The van der Waals surface area contributed by atoms with Gasteiger partial charge in [0.05, 0.1) is 0 Å². The van der Waals surface area contributed by atoms with Gasteiger partial charge in [-0.15, -0.1) is 0 Å². The number of halogens is 1. The summed E-state index contributed by atoms with van der Waals surface area (Å²) in [6, 6.07) is 14.0. The SMILES string of the molecule is Cc1ccc(NC(=O)NCC2CCN(c3nc(Cc4ccc(F)cc4)ns3)CC2)cc1. The van der Waals surface area contributed by atoms with Crippen LogP contribution in [0.1, 0.15) is 29.8 Å². The minimum absolute atomic E-state index is 0.166. The largest absolute Gasteiger partial charge is 0.347 e. The molecule has 0 aliphatic carbocycles. The molecule has 2 aromatic carbocycles. The number of nitrogens with one attached hydrogen (secondary N) is 2. The van der Waals surface area contributed by atoms with Gasteiger partial charge >= 0.3 is 6.03 Å². The van der Waals surface area contributed by atoms with Crippen molar-refractivity contribution < 1.29 is 9.18 Å². The molecule has 3 aromatic rings. The molecule has 162 valence electrons. The number of amides is 2. The van der Waals surface area contributed by atoms with Crippen LogP contribution >= 0.6 is 11.5 Å². The molecule has 0 saturated carbocycles. The zero-order chi connectivity index (χ0) is 21.6. The van der Waals surface area contributed by atoms with Gasteiger partial charge in [-0.2, -0.15) is 4.37 Å². The Morgan fingerprint density at radius 3 is 2.55 bits per heavy atom. The van der Waals surface area contributed by atoms with Gasteiger partial charge in [-0.3, -0.25) is 0 Å². The standard InChI is InChI=1S/C23H26FN5OS/c1-16-2-8-20(9-3-16)26-22(30)25-15-18-10-12-29(13-11-18)23-27-21(28-31-23)14-17-4-6-19(24)7-5-17/h2-9,18H,10-15H2,1H3,(H2,25,26,30). The van der Waals surface area contributed by atoms with Gasteiger partial charge in [0.25, 0.3) is 0 Å². The van der Waals surface area contributed by atoms with E-state index in [0.717, 1.165) is 53.7 Å². The molecule has 1 aromatic heterocycles. The van der Waals surface area contributed by atoms with Crippen LogP contribution in [0.2, 0.25) is 0 Å². The van der Waals surface area contributed by atoms with Gasteiger partial charge in [-0.1, -0.05) is 29.8 Å². The fraction of sp³-hybridized carbons (Fsp3) is 0.348. The molecule has 0 bridgehead atoms. The first kappa shape index (κ1) is 21.2. The number of anilines is 2. The Kier molecular flexibility index (Phi) is 6.76. The van der Waals surface area contributed by atoms with Crippen LogP contribution in [0.15, 0.2) is 48.5 Å². The van der Waals surface area contributed by atoms with Gasteiger partial charge < -0.3 is 15.5 Å². The zero-order valence-electron chi connectivity index (χ0n) is 17.5. The van der Waals surface area contributed by atoms with E-state index in [0.29, 0.717) is 18.9 Å². The van der Waals surface area contributed by atoms with Gasteiger partial charge in [-0.05, 0) is 55.5 Å². The summed E-state index contributed by atoms with van der Waals surface area (Å²) in [5, 5.41) is 6.79. The van der Waals surface area contributed by atoms with Gasteiger partial charge in [0.15, 0.2) is 0 Å². The Balaban J connectivity index is 1.21. The van der Waals surface area contributed by atoms with Crippen molar-refractivity contribution in [1.29, 1.82) is 0 Å². The van der Waals surface area contributed by atoms with E-state index in [9.17, 15) is 9.18 Å². The molecule has 1 saturated heterocycles. The van der Waals surface area contributed by atoms with Crippen molar-refractivity contribution in [3.8, 4) is 0 Å². The number of urea groups is 1. The summed E-state index contributed by atoms with van der Waals surface area (Å²) in [5.74, 6) is 0.982. The predicted octanol–water partition coefficient (Wildman–Crippen LogP) is 4.61. The normalized spacial score (nSPS) is 14.5. The molecular weight excluding hydrogens is 413 g/mol. The summed E-state index contributed by atoms with van der Waals surface area (Å²) in [6.07, 6.45) is 2.60. The average molecular weight is 440 g/mol. The maximum atomic E-state index is 13.1. The fourth-order valence-corrected chi connectivity index (χ4v) is 4.34.